The third kappa shape index (κ3) is 2.73. The van der Waals surface area contributed by atoms with Crippen LogP contribution in [-0.4, -0.2) is 9.13 Å². The van der Waals surface area contributed by atoms with Crippen molar-refractivity contribution >= 4 is 32.7 Å². The lowest BCUT2D eigenvalue weighted by atomic mass is 9.78. The quantitative estimate of drug-likeness (QED) is 0.236. The van der Waals surface area contributed by atoms with E-state index in [1.54, 1.807) is 0 Å². The molecule has 5 aromatic carbocycles. The van der Waals surface area contributed by atoms with Crippen LogP contribution in [0.15, 0.2) is 121 Å². The number of rotatable bonds is 2. The van der Waals surface area contributed by atoms with Gasteiger partial charge < -0.3 is 13.9 Å². The number of nitrogens with zero attached hydrogens (tertiary/aromatic N) is 2. The van der Waals surface area contributed by atoms with Gasteiger partial charge in [-0.2, -0.15) is 0 Å². The summed E-state index contributed by atoms with van der Waals surface area (Å²) in [5.74, 6) is 1.88. The summed E-state index contributed by atoms with van der Waals surface area (Å²) in [5.41, 5.74) is 7.80. The molecular formula is C35H26N2O. The Balaban J connectivity index is 1.51. The Labute approximate surface area is 221 Å². The van der Waals surface area contributed by atoms with Crippen molar-refractivity contribution in [2.75, 3.05) is 0 Å². The molecule has 0 bridgehead atoms. The Morgan fingerprint density at radius 3 is 1.74 bits per heavy atom. The molecule has 0 saturated heterocycles. The smallest absolute Gasteiger partial charge is 0.157 e. The fourth-order valence-corrected chi connectivity index (χ4v) is 6.42. The molecule has 0 amide bonds. The highest BCUT2D eigenvalue weighted by Crippen LogP contribution is 2.55. The van der Waals surface area contributed by atoms with Crippen molar-refractivity contribution in [3.05, 3.63) is 133 Å². The number of fused-ring (bicyclic) bond motifs is 8. The third-order valence-electron chi connectivity index (χ3n) is 8.12. The van der Waals surface area contributed by atoms with Crippen LogP contribution >= 0.6 is 0 Å². The van der Waals surface area contributed by atoms with Crippen molar-refractivity contribution in [1.29, 1.82) is 0 Å². The van der Waals surface area contributed by atoms with Crippen LogP contribution < -0.4 is 4.74 Å². The van der Waals surface area contributed by atoms with E-state index in [1.165, 1.54) is 27.5 Å². The second-order valence-electron chi connectivity index (χ2n) is 10.6. The number of para-hydroxylation sites is 4. The van der Waals surface area contributed by atoms with Gasteiger partial charge in [0.2, 0.25) is 0 Å². The predicted molar refractivity (Wildman–Crippen MR) is 156 cm³/mol. The first-order valence-electron chi connectivity index (χ1n) is 13.1. The number of ether oxygens (including phenoxy) is 1. The highest BCUT2D eigenvalue weighted by Gasteiger charge is 2.41. The Hall–Kier alpha value is -4.76. The monoisotopic (exact) mass is 490 g/mol. The second-order valence-corrected chi connectivity index (χ2v) is 10.6. The van der Waals surface area contributed by atoms with Crippen molar-refractivity contribution in [2.24, 2.45) is 0 Å². The van der Waals surface area contributed by atoms with Gasteiger partial charge in [0.25, 0.3) is 0 Å². The summed E-state index contributed by atoms with van der Waals surface area (Å²) in [4.78, 5) is 0. The van der Waals surface area contributed by atoms with Crippen LogP contribution in [0.5, 0.6) is 11.5 Å². The molecule has 0 atom stereocenters. The van der Waals surface area contributed by atoms with Crippen molar-refractivity contribution in [3.8, 4) is 22.9 Å². The number of hydrogen-bond donors (Lipinski definition) is 0. The number of benzene rings is 5. The normalized spacial score (nSPS) is 13.9. The summed E-state index contributed by atoms with van der Waals surface area (Å²) in [6.07, 6.45) is 0. The maximum Gasteiger partial charge on any atom is 0.157 e. The van der Waals surface area contributed by atoms with E-state index in [1.807, 2.05) is 0 Å². The zero-order valence-corrected chi connectivity index (χ0v) is 21.3. The molecule has 8 rings (SSSR count). The lowest BCUT2D eigenvalue weighted by molar-refractivity contribution is 0.417. The zero-order chi connectivity index (χ0) is 25.4. The van der Waals surface area contributed by atoms with Gasteiger partial charge in [-0.05, 0) is 56.3 Å². The average molecular weight is 491 g/mol. The maximum atomic E-state index is 7.09. The van der Waals surface area contributed by atoms with Gasteiger partial charge in [0.15, 0.2) is 11.5 Å². The van der Waals surface area contributed by atoms with Gasteiger partial charge >= 0.3 is 0 Å². The van der Waals surface area contributed by atoms with E-state index in [4.69, 9.17) is 4.74 Å². The zero-order valence-electron chi connectivity index (χ0n) is 21.3. The minimum atomic E-state index is -0.302. The van der Waals surface area contributed by atoms with Crippen molar-refractivity contribution < 1.29 is 4.74 Å². The van der Waals surface area contributed by atoms with Crippen molar-refractivity contribution in [3.63, 3.8) is 0 Å². The summed E-state index contributed by atoms with van der Waals surface area (Å²) < 4.78 is 11.8. The third-order valence-corrected chi connectivity index (χ3v) is 8.12. The molecule has 3 heterocycles. The largest absolute Gasteiger partial charge is 0.452 e. The van der Waals surface area contributed by atoms with Crippen LogP contribution in [0, 0.1) is 0 Å². The van der Waals surface area contributed by atoms with Gasteiger partial charge in [-0.25, -0.2) is 0 Å². The lowest BCUT2D eigenvalue weighted by Gasteiger charge is -2.35. The van der Waals surface area contributed by atoms with Crippen molar-refractivity contribution in [1.82, 2.24) is 9.13 Å². The van der Waals surface area contributed by atoms with Crippen LogP contribution in [0.1, 0.15) is 25.1 Å². The van der Waals surface area contributed by atoms with Gasteiger partial charge in [-0.3, -0.25) is 0 Å². The summed E-state index contributed by atoms with van der Waals surface area (Å²) in [6.45, 7) is 4.65. The fourth-order valence-electron chi connectivity index (χ4n) is 6.42. The molecule has 3 nitrogen and oxygen atoms in total. The van der Waals surface area contributed by atoms with Gasteiger partial charge in [-0.15, -0.1) is 0 Å². The maximum absolute atomic E-state index is 7.09. The minimum absolute atomic E-state index is 0.302. The topological polar surface area (TPSA) is 19.1 Å². The summed E-state index contributed by atoms with van der Waals surface area (Å²) in [7, 11) is 0. The van der Waals surface area contributed by atoms with Crippen LogP contribution in [0.25, 0.3) is 44.1 Å². The molecule has 0 unspecified atom stereocenters. The van der Waals surface area contributed by atoms with Gasteiger partial charge in [0.1, 0.15) is 0 Å². The number of aromatic nitrogens is 2. The first-order valence-corrected chi connectivity index (χ1v) is 13.1. The summed E-state index contributed by atoms with van der Waals surface area (Å²) in [5, 5.41) is 3.56. The molecule has 2 aromatic heterocycles. The van der Waals surface area contributed by atoms with E-state index in [-0.39, 0.29) is 5.41 Å². The van der Waals surface area contributed by atoms with E-state index < -0.39 is 0 Å². The highest BCUT2D eigenvalue weighted by molar-refractivity contribution is 6.12. The number of hydrogen-bond acceptors (Lipinski definition) is 1. The minimum Gasteiger partial charge on any atom is -0.452 e. The Morgan fingerprint density at radius 2 is 1.05 bits per heavy atom. The molecular weight excluding hydrogens is 464 g/mol. The molecule has 182 valence electrons. The van der Waals surface area contributed by atoms with E-state index in [2.05, 4.69) is 144 Å². The van der Waals surface area contributed by atoms with Crippen molar-refractivity contribution in [2.45, 2.75) is 19.3 Å². The van der Waals surface area contributed by atoms with E-state index in [0.29, 0.717) is 0 Å². The average Bonchev–Trinajstić information content (AvgIpc) is 3.48. The highest BCUT2D eigenvalue weighted by atomic mass is 16.5. The SMILES string of the molecule is CC1(C)c2ccc3c4ccccc4n(-c4ccccc4)c3c2Oc2c1n(-c1ccccc1)c1ccccc21. The molecule has 1 aliphatic heterocycles. The van der Waals surface area contributed by atoms with E-state index >= 15 is 0 Å². The van der Waals surface area contributed by atoms with Crippen LogP contribution in [-0.2, 0) is 5.41 Å². The van der Waals surface area contributed by atoms with E-state index in [9.17, 15) is 0 Å². The molecule has 1 aliphatic rings. The van der Waals surface area contributed by atoms with Gasteiger partial charge in [0.05, 0.1) is 22.2 Å². The second kappa shape index (κ2) is 7.62. The molecule has 0 aliphatic carbocycles. The molecule has 38 heavy (non-hydrogen) atoms. The molecule has 0 spiro atoms. The predicted octanol–water partition coefficient (Wildman–Crippen LogP) is 9.16. The molecule has 3 heteroatoms. The molecule has 7 aromatic rings. The first kappa shape index (κ1) is 21.3. The molecule has 0 radical (unpaired) electrons. The summed E-state index contributed by atoms with van der Waals surface area (Å²) >= 11 is 0. The van der Waals surface area contributed by atoms with Crippen LogP contribution in [0.2, 0.25) is 0 Å². The molecule has 0 fully saturated rings. The first-order chi connectivity index (χ1) is 18.6. The Bertz CT molecular complexity index is 2010. The van der Waals surface area contributed by atoms with Crippen LogP contribution in [0.4, 0.5) is 0 Å². The molecule has 0 N–H and O–H groups in total. The van der Waals surface area contributed by atoms with Gasteiger partial charge in [0, 0.05) is 38.5 Å². The standard InChI is InChI=1S/C35H26N2O/c1-35(2)28-22-21-26-25-17-9-11-19-29(25)36(23-13-5-3-6-14-23)31(26)33(28)38-32-27-18-10-12-20-30(27)37(34(32)35)24-15-7-4-8-16-24/h3-22H,1-2H3. The Morgan fingerprint density at radius 1 is 0.500 bits per heavy atom. The fraction of sp³-hybridized carbons (Fsp3) is 0.0857. The lowest BCUT2D eigenvalue weighted by Crippen LogP contribution is -2.27. The van der Waals surface area contributed by atoms with E-state index in [0.717, 1.165) is 39.3 Å². The molecule has 0 saturated carbocycles. The van der Waals surface area contributed by atoms with Gasteiger partial charge in [-0.1, -0.05) is 78.9 Å². The Kier molecular flexibility index (Phi) is 4.28. The summed E-state index contributed by atoms with van der Waals surface area (Å²) in [6, 6.07) is 43.0. The van der Waals surface area contributed by atoms with Crippen LogP contribution in [0.3, 0.4) is 0 Å².